The van der Waals surface area contributed by atoms with Gasteiger partial charge in [-0.2, -0.15) is 0 Å². The van der Waals surface area contributed by atoms with E-state index in [1.165, 1.54) is 0 Å². The van der Waals surface area contributed by atoms with E-state index in [1.807, 2.05) is 6.20 Å². The van der Waals surface area contributed by atoms with Crippen LogP contribution in [-0.2, 0) is 16.0 Å². The molecule has 2 aliphatic rings. The summed E-state index contributed by atoms with van der Waals surface area (Å²) in [4.78, 5) is 11.6. The average molecular weight is 376 g/mol. The van der Waals surface area contributed by atoms with E-state index in [0.717, 1.165) is 63.0 Å². The highest BCUT2D eigenvalue weighted by molar-refractivity contribution is 5.79. The number of aliphatic imine (C=N–C) groups is 1. The fourth-order valence-electron chi connectivity index (χ4n) is 3.59. The molecule has 0 amide bonds. The highest BCUT2D eigenvalue weighted by atomic mass is 16.5. The molecule has 3 atom stereocenters. The van der Waals surface area contributed by atoms with Crippen molar-refractivity contribution in [3.63, 3.8) is 0 Å². The van der Waals surface area contributed by atoms with Crippen LogP contribution in [0, 0.1) is 0 Å². The molecule has 7 heteroatoms. The molecular weight excluding hydrogens is 342 g/mol. The topological polar surface area (TPSA) is 71.0 Å². The maximum Gasteiger partial charge on any atom is 0.191 e. The standard InChI is InChI=1S/C20H33N5O2/c1-4-21-20(24-12-18-6-5-9-26-18)23-11-17-7-8-19(22-10-17)25-13-15(2)27-16(3)14-25/h7-8,10,15-16,18H,4-6,9,11-14H2,1-3H3,(H2,21,23,24). The Kier molecular flexibility index (Phi) is 7.29. The molecule has 0 spiro atoms. The Hall–Kier alpha value is -1.86. The molecule has 150 valence electrons. The van der Waals surface area contributed by atoms with Gasteiger partial charge < -0.3 is 25.0 Å². The molecule has 2 fully saturated rings. The van der Waals surface area contributed by atoms with Gasteiger partial charge in [0.05, 0.1) is 24.9 Å². The summed E-state index contributed by atoms with van der Waals surface area (Å²) >= 11 is 0. The van der Waals surface area contributed by atoms with Crippen molar-refractivity contribution in [3.8, 4) is 0 Å². The van der Waals surface area contributed by atoms with Crippen molar-refractivity contribution in [3.05, 3.63) is 23.9 Å². The molecule has 2 aliphatic heterocycles. The lowest BCUT2D eigenvalue weighted by molar-refractivity contribution is -0.00545. The zero-order valence-electron chi connectivity index (χ0n) is 16.8. The Labute approximate surface area is 162 Å². The van der Waals surface area contributed by atoms with Crippen LogP contribution in [-0.4, -0.2) is 62.0 Å². The van der Waals surface area contributed by atoms with Gasteiger partial charge in [0.15, 0.2) is 5.96 Å². The Morgan fingerprint density at radius 2 is 2.07 bits per heavy atom. The summed E-state index contributed by atoms with van der Waals surface area (Å²) in [5.74, 6) is 1.83. The second kappa shape index (κ2) is 9.90. The second-order valence-corrected chi connectivity index (χ2v) is 7.40. The number of anilines is 1. The fraction of sp³-hybridized carbons (Fsp3) is 0.700. The fourth-order valence-corrected chi connectivity index (χ4v) is 3.59. The van der Waals surface area contributed by atoms with Gasteiger partial charge in [-0.25, -0.2) is 9.98 Å². The van der Waals surface area contributed by atoms with E-state index < -0.39 is 0 Å². The molecule has 2 saturated heterocycles. The highest BCUT2D eigenvalue weighted by Gasteiger charge is 2.23. The lowest BCUT2D eigenvalue weighted by atomic mass is 10.2. The highest BCUT2D eigenvalue weighted by Crippen LogP contribution is 2.18. The lowest BCUT2D eigenvalue weighted by Crippen LogP contribution is -2.45. The molecule has 1 aromatic heterocycles. The third kappa shape index (κ3) is 6.07. The van der Waals surface area contributed by atoms with Gasteiger partial charge in [-0.1, -0.05) is 6.07 Å². The first-order valence-electron chi connectivity index (χ1n) is 10.1. The summed E-state index contributed by atoms with van der Waals surface area (Å²) in [7, 11) is 0. The molecule has 1 aromatic rings. The summed E-state index contributed by atoms with van der Waals surface area (Å²) in [5.41, 5.74) is 1.10. The van der Waals surface area contributed by atoms with Crippen molar-refractivity contribution in [2.24, 2.45) is 4.99 Å². The predicted molar refractivity (Wildman–Crippen MR) is 108 cm³/mol. The number of ether oxygens (including phenoxy) is 2. The summed E-state index contributed by atoms with van der Waals surface area (Å²) in [6.07, 6.45) is 4.96. The van der Waals surface area contributed by atoms with Crippen LogP contribution in [0.1, 0.15) is 39.2 Å². The Balaban J connectivity index is 1.54. The molecule has 27 heavy (non-hydrogen) atoms. The molecule has 3 heterocycles. The van der Waals surface area contributed by atoms with Gasteiger partial charge in [-0.3, -0.25) is 0 Å². The van der Waals surface area contributed by atoms with E-state index in [1.54, 1.807) is 0 Å². The summed E-state index contributed by atoms with van der Waals surface area (Å²) < 4.78 is 11.5. The number of nitrogens with zero attached hydrogens (tertiary/aromatic N) is 3. The first kappa shape index (κ1) is 19.9. The Morgan fingerprint density at radius 3 is 2.70 bits per heavy atom. The molecule has 7 nitrogen and oxygen atoms in total. The molecule has 0 saturated carbocycles. The van der Waals surface area contributed by atoms with Crippen molar-refractivity contribution in [1.29, 1.82) is 0 Å². The molecule has 0 aromatic carbocycles. The van der Waals surface area contributed by atoms with Crippen molar-refractivity contribution in [1.82, 2.24) is 15.6 Å². The van der Waals surface area contributed by atoms with E-state index in [4.69, 9.17) is 9.47 Å². The number of morpholine rings is 1. The maximum absolute atomic E-state index is 5.80. The van der Waals surface area contributed by atoms with E-state index in [2.05, 4.69) is 58.4 Å². The Bertz CT molecular complexity index is 591. The van der Waals surface area contributed by atoms with Crippen LogP contribution in [0.4, 0.5) is 5.82 Å². The minimum Gasteiger partial charge on any atom is -0.376 e. The van der Waals surface area contributed by atoms with Crippen LogP contribution in [0.2, 0.25) is 0 Å². The molecular formula is C20H33N5O2. The van der Waals surface area contributed by atoms with Crippen LogP contribution >= 0.6 is 0 Å². The lowest BCUT2D eigenvalue weighted by Gasteiger charge is -2.36. The van der Waals surface area contributed by atoms with Crippen LogP contribution in [0.5, 0.6) is 0 Å². The molecule has 0 aliphatic carbocycles. The van der Waals surface area contributed by atoms with Crippen LogP contribution in [0.25, 0.3) is 0 Å². The molecule has 3 rings (SSSR count). The van der Waals surface area contributed by atoms with E-state index in [0.29, 0.717) is 12.6 Å². The van der Waals surface area contributed by atoms with E-state index in [9.17, 15) is 0 Å². The number of hydrogen-bond acceptors (Lipinski definition) is 5. The number of guanidine groups is 1. The minimum atomic E-state index is 0.234. The minimum absolute atomic E-state index is 0.234. The van der Waals surface area contributed by atoms with Gasteiger partial charge in [0, 0.05) is 39.0 Å². The normalized spacial score (nSPS) is 26.3. The zero-order valence-corrected chi connectivity index (χ0v) is 16.8. The smallest absolute Gasteiger partial charge is 0.191 e. The monoisotopic (exact) mass is 375 g/mol. The van der Waals surface area contributed by atoms with E-state index in [-0.39, 0.29) is 12.2 Å². The molecule has 0 radical (unpaired) electrons. The van der Waals surface area contributed by atoms with Gasteiger partial charge in [0.25, 0.3) is 0 Å². The molecule has 3 unspecified atom stereocenters. The number of pyridine rings is 1. The zero-order chi connectivity index (χ0) is 19.1. The first-order valence-corrected chi connectivity index (χ1v) is 10.1. The SMILES string of the molecule is CCNC(=NCc1ccc(N2CC(C)OC(C)C2)nc1)NCC1CCCO1. The van der Waals surface area contributed by atoms with Gasteiger partial charge >= 0.3 is 0 Å². The number of aromatic nitrogens is 1. The Morgan fingerprint density at radius 1 is 1.26 bits per heavy atom. The van der Waals surface area contributed by atoms with Gasteiger partial charge in [0.1, 0.15) is 5.82 Å². The largest absolute Gasteiger partial charge is 0.376 e. The number of rotatable bonds is 6. The summed E-state index contributed by atoms with van der Waals surface area (Å²) in [5, 5.41) is 6.67. The van der Waals surface area contributed by atoms with Crippen molar-refractivity contribution >= 4 is 11.8 Å². The summed E-state index contributed by atoms with van der Waals surface area (Å²) in [6.45, 7) is 11.2. The van der Waals surface area contributed by atoms with Gasteiger partial charge in [-0.15, -0.1) is 0 Å². The first-order chi connectivity index (χ1) is 13.1. The van der Waals surface area contributed by atoms with Crippen molar-refractivity contribution in [2.45, 2.75) is 58.5 Å². The quantitative estimate of drug-likeness (QED) is 0.585. The van der Waals surface area contributed by atoms with Crippen LogP contribution in [0.3, 0.4) is 0 Å². The van der Waals surface area contributed by atoms with Crippen LogP contribution < -0.4 is 15.5 Å². The third-order valence-corrected chi connectivity index (χ3v) is 4.84. The maximum atomic E-state index is 5.80. The number of hydrogen-bond donors (Lipinski definition) is 2. The number of nitrogens with one attached hydrogen (secondary N) is 2. The van der Waals surface area contributed by atoms with Crippen molar-refractivity contribution < 1.29 is 9.47 Å². The molecule has 0 bridgehead atoms. The summed E-state index contributed by atoms with van der Waals surface area (Å²) in [6, 6.07) is 4.20. The predicted octanol–water partition coefficient (Wildman–Crippen LogP) is 1.93. The van der Waals surface area contributed by atoms with Crippen LogP contribution in [0.15, 0.2) is 23.3 Å². The third-order valence-electron chi connectivity index (χ3n) is 4.84. The second-order valence-electron chi connectivity index (χ2n) is 7.40. The van der Waals surface area contributed by atoms with Gasteiger partial charge in [0.2, 0.25) is 0 Å². The van der Waals surface area contributed by atoms with Gasteiger partial charge in [-0.05, 0) is 45.2 Å². The molecule has 2 N–H and O–H groups in total. The van der Waals surface area contributed by atoms with E-state index >= 15 is 0 Å². The average Bonchev–Trinajstić information content (AvgIpc) is 3.17. The van der Waals surface area contributed by atoms with Crippen molar-refractivity contribution in [2.75, 3.05) is 37.7 Å².